The molecule has 0 aliphatic carbocycles. The Balaban J connectivity index is 3.22. The topological polar surface area (TPSA) is 62.4 Å². The summed E-state index contributed by atoms with van der Waals surface area (Å²) in [5, 5.41) is 6.40. The predicted octanol–water partition coefficient (Wildman–Crippen LogP) is 5.33. The standard InChI is InChI=1S/C22H33FN4/c1-13(2)18(7)25-22(21(23)12-16(5)17(6)24)27-19(8)26-20-10-14(3)9-15(4)11-20/h9-13,18,25H,6,24H2,1-5,7-8H3,(H,26,27)/b16-12+,22-21+. The van der Waals surface area contributed by atoms with Gasteiger partial charge in [0.15, 0.2) is 11.6 Å². The molecule has 0 amide bonds. The highest BCUT2D eigenvalue weighted by Gasteiger charge is 2.12. The van der Waals surface area contributed by atoms with Crippen LogP contribution in [0.5, 0.6) is 0 Å². The fraction of sp³-hybridized carbons (Fsp3) is 0.409. The first kappa shape index (κ1) is 22.5. The van der Waals surface area contributed by atoms with E-state index in [1.165, 1.54) is 6.08 Å². The summed E-state index contributed by atoms with van der Waals surface area (Å²) in [7, 11) is 0. The average molecular weight is 373 g/mol. The fourth-order valence-electron chi connectivity index (χ4n) is 2.34. The Morgan fingerprint density at radius 2 is 1.70 bits per heavy atom. The Morgan fingerprint density at radius 1 is 1.15 bits per heavy atom. The zero-order valence-corrected chi connectivity index (χ0v) is 17.6. The van der Waals surface area contributed by atoms with E-state index in [1.54, 1.807) is 6.92 Å². The number of anilines is 1. The molecule has 0 bridgehead atoms. The van der Waals surface area contributed by atoms with Crippen LogP contribution in [0.2, 0.25) is 0 Å². The highest BCUT2D eigenvalue weighted by atomic mass is 19.1. The number of nitrogens with two attached hydrogens (primary N) is 1. The maximum atomic E-state index is 14.8. The molecule has 0 radical (unpaired) electrons. The molecule has 0 fully saturated rings. The van der Waals surface area contributed by atoms with E-state index in [4.69, 9.17) is 5.73 Å². The van der Waals surface area contributed by atoms with E-state index in [2.05, 4.69) is 42.1 Å². The molecule has 5 heteroatoms. The molecule has 0 spiro atoms. The number of rotatable bonds is 7. The summed E-state index contributed by atoms with van der Waals surface area (Å²) in [6.07, 6.45) is 1.35. The van der Waals surface area contributed by atoms with Crippen LogP contribution < -0.4 is 16.4 Å². The van der Waals surface area contributed by atoms with Crippen molar-refractivity contribution < 1.29 is 4.39 Å². The molecular formula is C22H33FN4. The molecule has 27 heavy (non-hydrogen) atoms. The number of allylic oxidation sites excluding steroid dienone is 3. The number of halogens is 1. The summed E-state index contributed by atoms with van der Waals surface area (Å²) < 4.78 is 14.8. The quantitative estimate of drug-likeness (QED) is 0.345. The Labute approximate surface area is 163 Å². The van der Waals surface area contributed by atoms with Gasteiger partial charge in [0.05, 0.1) is 0 Å². The number of benzene rings is 1. The summed E-state index contributed by atoms with van der Waals surface area (Å²) in [5.74, 6) is 0.607. The van der Waals surface area contributed by atoms with Crippen LogP contribution in [0.25, 0.3) is 0 Å². The van der Waals surface area contributed by atoms with E-state index in [1.807, 2.05) is 39.8 Å². The number of nitrogens with one attached hydrogen (secondary N) is 2. The van der Waals surface area contributed by atoms with Gasteiger partial charge in [0, 0.05) is 17.4 Å². The van der Waals surface area contributed by atoms with Crippen molar-refractivity contribution in [2.45, 2.75) is 54.5 Å². The lowest BCUT2D eigenvalue weighted by Crippen LogP contribution is -2.30. The average Bonchev–Trinajstić information content (AvgIpc) is 2.52. The number of nitrogens with zero attached hydrogens (tertiary/aromatic N) is 1. The predicted molar refractivity (Wildman–Crippen MR) is 115 cm³/mol. The van der Waals surface area contributed by atoms with E-state index >= 15 is 0 Å². The lowest BCUT2D eigenvalue weighted by atomic mass is 10.1. The first-order valence-corrected chi connectivity index (χ1v) is 9.19. The van der Waals surface area contributed by atoms with Crippen LogP contribution in [0, 0.1) is 19.8 Å². The van der Waals surface area contributed by atoms with E-state index in [-0.39, 0.29) is 11.9 Å². The monoisotopic (exact) mass is 372 g/mol. The lowest BCUT2D eigenvalue weighted by Gasteiger charge is -2.20. The van der Waals surface area contributed by atoms with Gasteiger partial charge in [0.25, 0.3) is 0 Å². The molecule has 1 unspecified atom stereocenters. The molecule has 0 saturated carbocycles. The molecule has 4 nitrogen and oxygen atoms in total. The molecule has 0 aromatic heterocycles. The summed E-state index contributed by atoms with van der Waals surface area (Å²) in [4.78, 5) is 4.45. The zero-order chi connectivity index (χ0) is 20.7. The molecule has 0 saturated heterocycles. The minimum absolute atomic E-state index is 0.0540. The first-order chi connectivity index (χ1) is 12.5. The Hall–Kier alpha value is -2.56. The zero-order valence-electron chi connectivity index (χ0n) is 17.6. The van der Waals surface area contributed by atoms with E-state index in [9.17, 15) is 4.39 Å². The SMILES string of the molecule is C=C(N)/C(C)=C/C(F)=C(\N=C(/C)Nc1cc(C)cc(C)c1)NC(C)C(C)C. The third kappa shape index (κ3) is 7.69. The van der Waals surface area contributed by atoms with E-state index in [0.29, 0.717) is 23.0 Å². The highest BCUT2D eigenvalue weighted by Crippen LogP contribution is 2.17. The minimum Gasteiger partial charge on any atom is -0.399 e. The maximum absolute atomic E-state index is 14.8. The van der Waals surface area contributed by atoms with Crippen LogP contribution >= 0.6 is 0 Å². The Bertz CT molecular complexity index is 752. The number of hydrogen-bond acceptors (Lipinski definition) is 3. The van der Waals surface area contributed by atoms with Gasteiger partial charge in [-0.2, -0.15) is 0 Å². The van der Waals surface area contributed by atoms with Gasteiger partial charge in [-0.3, -0.25) is 0 Å². The van der Waals surface area contributed by atoms with Gasteiger partial charge in [0.2, 0.25) is 0 Å². The Morgan fingerprint density at radius 3 is 2.19 bits per heavy atom. The molecule has 1 aromatic carbocycles. The van der Waals surface area contributed by atoms with Gasteiger partial charge in [-0.1, -0.05) is 26.5 Å². The van der Waals surface area contributed by atoms with Gasteiger partial charge in [-0.05, 0) is 75.4 Å². The van der Waals surface area contributed by atoms with Crippen LogP contribution in [0.15, 0.2) is 58.8 Å². The normalized spacial score (nSPS) is 14.7. The molecule has 1 atom stereocenters. The highest BCUT2D eigenvalue weighted by molar-refractivity contribution is 5.94. The molecular weight excluding hydrogens is 339 g/mol. The summed E-state index contributed by atoms with van der Waals surface area (Å²) in [5.41, 5.74) is 9.77. The van der Waals surface area contributed by atoms with Crippen LogP contribution in [0.1, 0.15) is 45.7 Å². The second-order valence-electron chi connectivity index (χ2n) is 7.42. The van der Waals surface area contributed by atoms with Gasteiger partial charge < -0.3 is 16.4 Å². The van der Waals surface area contributed by atoms with Crippen molar-refractivity contribution in [3.8, 4) is 0 Å². The molecule has 0 aliphatic rings. The van der Waals surface area contributed by atoms with Crippen LogP contribution in [-0.2, 0) is 0 Å². The molecule has 1 rings (SSSR count). The number of hydrogen-bond donors (Lipinski definition) is 3. The van der Waals surface area contributed by atoms with Crippen molar-refractivity contribution in [1.82, 2.24) is 5.32 Å². The number of aryl methyl sites for hydroxylation is 2. The van der Waals surface area contributed by atoms with Crippen LogP contribution in [-0.4, -0.2) is 11.9 Å². The van der Waals surface area contributed by atoms with Crippen LogP contribution in [0.3, 0.4) is 0 Å². The second-order valence-corrected chi connectivity index (χ2v) is 7.42. The molecule has 4 N–H and O–H groups in total. The lowest BCUT2D eigenvalue weighted by molar-refractivity contribution is 0.451. The largest absolute Gasteiger partial charge is 0.399 e. The number of aliphatic imine (C=N–C) groups is 1. The number of amidine groups is 1. The van der Waals surface area contributed by atoms with Crippen molar-refractivity contribution in [2.75, 3.05) is 5.32 Å². The van der Waals surface area contributed by atoms with Gasteiger partial charge >= 0.3 is 0 Å². The van der Waals surface area contributed by atoms with Crippen molar-refractivity contribution >= 4 is 11.5 Å². The summed E-state index contributed by atoms with van der Waals surface area (Å²) >= 11 is 0. The van der Waals surface area contributed by atoms with Gasteiger partial charge in [0.1, 0.15) is 5.84 Å². The van der Waals surface area contributed by atoms with Crippen molar-refractivity contribution in [2.24, 2.45) is 16.6 Å². The van der Waals surface area contributed by atoms with Gasteiger partial charge in [-0.15, -0.1) is 0 Å². The fourth-order valence-corrected chi connectivity index (χ4v) is 2.34. The maximum Gasteiger partial charge on any atom is 0.165 e. The third-order valence-electron chi connectivity index (χ3n) is 4.27. The smallest absolute Gasteiger partial charge is 0.165 e. The van der Waals surface area contributed by atoms with Gasteiger partial charge in [-0.25, -0.2) is 9.38 Å². The minimum atomic E-state index is -0.479. The van der Waals surface area contributed by atoms with E-state index < -0.39 is 5.83 Å². The molecule has 148 valence electrons. The summed E-state index contributed by atoms with van der Waals surface area (Å²) in [6, 6.07) is 6.21. The van der Waals surface area contributed by atoms with Crippen molar-refractivity contribution in [1.29, 1.82) is 0 Å². The second kappa shape index (κ2) is 9.95. The van der Waals surface area contributed by atoms with Crippen molar-refractivity contribution in [3.63, 3.8) is 0 Å². The summed E-state index contributed by atoms with van der Waals surface area (Å²) in [6.45, 7) is 17.4. The van der Waals surface area contributed by atoms with Crippen molar-refractivity contribution in [3.05, 3.63) is 64.9 Å². The Kier molecular flexibility index (Phi) is 8.29. The molecule has 1 aromatic rings. The van der Waals surface area contributed by atoms with E-state index in [0.717, 1.165) is 16.8 Å². The van der Waals surface area contributed by atoms with Crippen LogP contribution in [0.4, 0.5) is 10.1 Å². The molecule has 0 heterocycles. The third-order valence-corrected chi connectivity index (χ3v) is 4.27. The molecule has 0 aliphatic heterocycles. The first-order valence-electron chi connectivity index (χ1n) is 9.19.